The lowest BCUT2D eigenvalue weighted by Crippen LogP contribution is -2.55. The highest BCUT2D eigenvalue weighted by Gasteiger charge is 2.49. The SMILES string of the molecule is Cc1c(F)cccc1C1C(C(=O)c2cccc(O)c2)CN(CCCCN(C)C)CC1C(=O)N1C[C@H](O)C[C@H]1C(F)F. The summed E-state index contributed by atoms with van der Waals surface area (Å²) in [6.45, 7) is 3.35. The van der Waals surface area contributed by atoms with Gasteiger partial charge < -0.3 is 24.9 Å². The maximum atomic E-state index is 14.9. The minimum atomic E-state index is -2.83. The van der Waals surface area contributed by atoms with Gasteiger partial charge in [-0.1, -0.05) is 24.3 Å². The van der Waals surface area contributed by atoms with E-state index in [0.29, 0.717) is 24.2 Å². The second-order valence-corrected chi connectivity index (χ2v) is 11.7. The number of phenolic OH excluding ortho intramolecular Hbond substituents is 1. The average molecular weight is 576 g/mol. The van der Waals surface area contributed by atoms with Crippen LogP contribution in [0.2, 0.25) is 0 Å². The van der Waals surface area contributed by atoms with Gasteiger partial charge in [0.25, 0.3) is 6.43 Å². The van der Waals surface area contributed by atoms with Gasteiger partial charge in [-0.15, -0.1) is 0 Å². The van der Waals surface area contributed by atoms with E-state index in [1.165, 1.54) is 24.3 Å². The van der Waals surface area contributed by atoms with Crippen molar-refractivity contribution in [1.29, 1.82) is 0 Å². The second-order valence-electron chi connectivity index (χ2n) is 11.7. The van der Waals surface area contributed by atoms with Crippen LogP contribution in [0.1, 0.15) is 46.7 Å². The van der Waals surface area contributed by atoms with Crippen molar-refractivity contribution in [2.45, 2.75) is 50.7 Å². The van der Waals surface area contributed by atoms with Crippen LogP contribution in [0.5, 0.6) is 5.75 Å². The summed E-state index contributed by atoms with van der Waals surface area (Å²) in [5.41, 5.74) is 1.05. The molecule has 3 unspecified atom stereocenters. The molecule has 2 aromatic carbocycles. The fourth-order valence-electron chi connectivity index (χ4n) is 6.40. The molecule has 2 fully saturated rings. The number of piperidine rings is 1. The van der Waals surface area contributed by atoms with Gasteiger partial charge in [0.2, 0.25) is 5.91 Å². The van der Waals surface area contributed by atoms with Crippen LogP contribution in [0.15, 0.2) is 42.5 Å². The molecule has 2 aromatic rings. The summed E-state index contributed by atoms with van der Waals surface area (Å²) in [5, 5.41) is 20.3. The van der Waals surface area contributed by atoms with Crippen LogP contribution in [0.4, 0.5) is 13.2 Å². The molecular formula is C31H40F3N3O4. The Morgan fingerprint density at radius 2 is 1.76 bits per heavy atom. The molecule has 2 aliphatic heterocycles. The Balaban J connectivity index is 1.77. The smallest absolute Gasteiger partial charge is 0.258 e. The maximum absolute atomic E-state index is 14.9. The molecule has 224 valence electrons. The number of β-amino-alcohol motifs (C(OH)–C–C–N with tert-alkyl or cyclic N) is 1. The number of rotatable bonds is 10. The van der Waals surface area contributed by atoms with Crippen molar-refractivity contribution in [2.75, 3.05) is 46.8 Å². The maximum Gasteiger partial charge on any atom is 0.258 e. The number of ketones is 1. The van der Waals surface area contributed by atoms with Gasteiger partial charge in [-0.05, 0) is 76.3 Å². The fourth-order valence-corrected chi connectivity index (χ4v) is 6.40. The van der Waals surface area contributed by atoms with E-state index < -0.39 is 48.0 Å². The number of Topliss-reactive ketones (excluding diaryl/α,β-unsaturated/α-hetero) is 1. The highest BCUT2D eigenvalue weighted by atomic mass is 19.3. The summed E-state index contributed by atoms with van der Waals surface area (Å²) >= 11 is 0. The van der Waals surface area contributed by atoms with Gasteiger partial charge >= 0.3 is 0 Å². The highest BCUT2D eigenvalue weighted by Crippen LogP contribution is 2.43. The van der Waals surface area contributed by atoms with Crippen molar-refractivity contribution < 1.29 is 33.0 Å². The quantitative estimate of drug-likeness (QED) is 0.330. The first-order chi connectivity index (χ1) is 19.5. The van der Waals surface area contributed by atoms with E-state index in [2.05, 4.69) is 4.90 Å². The number of carbonyl (C=O) groups is 2. The molecule has 1 amide bonds. The molecule has 0 spiro atoms. The Morgan fingerprint density at radius 1 is 1.05 bits per heavy atom. The predicted octanol–water partition coefficient (Wildman–Crippen LogP) is 3.92. The minimum Gasteiger partial charge on any atom is -0.508 e. The number of hydrogen-bond donors (Lipinski definition) is 2. The number of alkyl halides is 2. The lowest BCUT2D eigenvalue weighted by molar-refractivity contribution is -0.142. The Labute approximate surface area is 239 Å². The molecular weight excluding hydrogens is 535 g/mol. The van der Waals surface area contributed by atoms with E-state index in [4.69, 9.17) is 0 Å². The topological polar surface area (TPSA) is 84.3 Å². The Hall–Kier alpha value is -2.95. The second kappa shape index (κ2) is 13.4. The van der Waals surface area contributed by atoms with Crippen molar-refractivity contribution in [2.24, 2.45) is 11.8 Å². The molecule has 5 atom stereocenters. The third-order valence-corrected chi connectivity index (χ3v) is 8.46. The average Bonchev–Trinajstić information content (AvgIpc) is 3.33. The number of aliphatic hydroxyl groups is 1. The molecule has 0 saturated carbocycles. The van der Waals surface area contributed by atoms with Crippen molar-refractivity contribution >= 4 is 11.7 Å². The molecule has 0 bridgehead atoms. The number of nitrogens with zero attached hydrogens (tertiary/aromatic N) is 3. The van der Waals surface area contributed by atoms with E-state index in [-0.39, 0.29) is 36.6 Å². The fraction of sp³-hybridized carbons (Fsp3) is 0.548. The van der Waals surface area contributed by atoms with Gasteiger partial charge in [-0.3, -0.25) is 9.59 Å². The van der Waals surface area contributed by atoms with Gasteiger partial charge in [0.05, 0.1) is 18.1 Å². The van der Waals surface area contributed by atoms with E-state index in [1.54, 1.807) is 25.1 Å². The number of hydrogen-bond acceptors (Lipinski definition) is 6. The number of unbranched alkanes of at least 4 members (excludes halogenated alkanes) is 1. The highest BCUT2D eigenvalue weighted by molar-refractivity contribution is 5.99. The first kappa shape index (κ1) is 31.0. The first-order valence-corrected chi connectivity index (χ1v) is 14.2. The van der Waals surface area contributed by atoms with E-state index in [1.807, 2.05) is 19.0 Å². The van der Waals surface area contributed by atoms with Crippen molar-refractivity contribution in [3.8, 4) is 5.75 Å². The van der Waals surface area contributed by atoms with Gasteiger partial charge in [-0.25, -0.2) is 13.2 Å². The Bertz CT molecular complexity index is 1230. The van der Waals surface area contributed by atoms with Crippen LogP contribution in [-0.4, -0.2) is 102 Å². The number of likely N-dealkylation sites (tertiary alicyclic amines) is 2. The molecule has 41 heavy (non-hydrogen) atoms. The lowest BCUT2D eigenvalue weighted by atomic mass is 9.69. The molecule has 2 saturated heterocycles. The monoisotopic (exact) mass is 575 g/mol. The summed E-state index contributed by atoms with van der Waals surface area (Å²) in [6.07, 6.45) is -2.42. The zero-order valence-electron chi connectivity index (χ0n) is 23.8. The molecule has 2 aliphatic rings. The Morgan fingerprint density at radius 3 is 2.44 bits per heavy atom. The molecule has 10 heteroatoms. The first-order valence-electron chi connectivity index (χ1n) is 14.2. The number of carbonyl (C=O) groups excluding carboxylic acids is 2. The molecule has 7 nitrogen and oxygen atoms in total. The number of amides is 1. The van der Waals surface area contributed by atoms with Crippen LogP contribution >= 0.6 is 0 Å². The van der Waals surface area contributed by atoms with Crippen LogP contribution in [-0.2, 0) is 4.79 Å². The summed E-state index contributed by atoms with van der Waals surface area (Å²) in [7, 11) is 3.96. The number of benzene rings is 2. The van der Waals surface area contributed by atoms with Gasteiger partial charge in [0.1, 0.15) is 11.6 Å². The molecule has 0 radical (unpaired) electrons. The van der Waals surface area contributed by atoms with Gasteiger partial charge in [-0.2, -0.15) is 0 Å². The molecule has 2 N–H and O–H groups in total. The van der Waals surface area contributed by atoms with Crippen LogP contribution in [0.3, 0.4) is 0 Å². The number of halogens is 3. The normalized spacial score (nSPS) is 25.3. The Kier molecular flexibility index (Phi) is 10.1. The zero-order valence-corrected chi connectivity index (χ0v) is 23.8. The van der Waals surface area contributed by atoms with E-state index in [9.17, 15) is 33.0 Å². The van der Waals surface area contributed by atoms with Crippen LogP contribution in [0.25, 0.3) is 0 Å². The van der Waals surface area contributed by atoms with Crippen molar-refractivity contribution in [3.05, 3.63) is 65.0 Å². The summed E-state index contributed by atoms with van der Waals surface area (Å²) < 4.78 is 42.9. The molecule has 4 rings (SSSR count). The van der Waals surface area contributed by atoms with Crippen molar-refractivity contribution in [1.82, 2.24) is 14.7 Å². The predicted molar refractivity (Wildman–Crippen MR) is 150 cm³/mol. The number of phenols is 1. The van der Waals surface area contributed by atoms with E-state index >= 15 is 0 Å². The van der Waals surface area contributed by atoms with E-state index in [0.717, 1.165) is 24.3 Å². The largest absolute Gasteiger partial charge is 0.508 e. The summed E-state index contributed by atoms with van der Waals surface area (Å²) in [4.78, 5) is 33.4. The number of aliphatic hydroxyl groups excluding tert-OH is 1. The third-order valence-electron chi connectivity index (χ3n) is 8.46. The molecule has 0 aliphatic carbocycles. The number of aromatic hydroxyl groups is 1. The third kappa shape index (κ3) is 7.10. The summed E-state index contributed by atoms with van der Waals surface area (Å²) in [6, 6.07) is 9.09. The zero-order chi connectivity index (χ0) is 29.8. The van der Waals surface area contributed by atoms with Crippen LogP contribution < -0.4 is 0 Å². The van der Waals surface area contributed by atoms with Crippen LogP contribution in [0, 0.1) is 24.6 Å². The minimum absolute atomic E-state index is 0.0795. The van der Waals surface area contributed by atoms with Gasteiger partial charge in [0.15, 0.2) is 5.78 Å². The van der Waals surface area contributed by atoms with Gasteiger partial charge in [0, 0.05) is 43.5 Å². The van der Waals surface area contributed by atoms with Crippen molar-refractivity contribution in [3.63, 3.8) is 0 Å². The standard InChI is InChI=1S/C31H40F3N3O4/c1-19-23(10-7-11-26(19)32)28-24(29(40)20-8-6-9-21(38)14-20)17-36(13-5-4-12-35(2)3)18-25(28)31(41)37-16-22(39)15-27(37)30(33)34/h6-11,14,22,24-25,27-28,30,38-39H,4-5,12-13,15-18H2,1-3H3/t22-,24?,25?,27+,28?/m1/s1. The molecule has 2 heterocycles. The lowest BCUT2D eigenvalue weighted by Gasteiger charge is -2.45. The molecule has 0 aromatic heterocycles. The summed E-state index contributed by atoms with van der Waals surface area (Å²) in [5.74, 6) is -3.94.